The molecule has 1 fully saturated rings. The number of hydrogen-bond donors (Lipinski definition) is 1. The first kappa shape index (κ1) is 11.1. The Morgan fingerprint density at radius 3 is 3.00 bits per heavy atom. The highest BCUT2D eigenvalue weighted by Crippen LogP contribution is 2.26. The lowest BCUT2D eigenvalue weighted by atomic mass is 10.3. The van der Waals surface area contributed by atoms with Crippen LogP contribution in [0.25, 0.3) is 0 Å². The molecule has 0 saturated heterocycles. The Morgan fingerprint density at radius 1 is 1.62 bits per heavy atom. The number of ether oxygens (including phenoxy) is 1. The van der Waals surface area contributed by atoms with Crippen LogP contribution in [0.3, 0.4) is 0 Å². The Balaban J connectivity index is 2.09. The van der Waals surface area contributed by atoms with Crippen molar-refractivity contribution in [3.05, 3.63) is 24.0 Å². The molecule has 0 bridgehead atoms. The van der Waals surface area contributed by atoms with E-state index in [1.54, 1.807) is 6.07 Å². The second-order valence-electron chi connectivity index (χ2n) is 3.52. The van der Waals surface area contributed by atoms with E-state index in [1.807, 2.05) is 0 Å². The number of aromatic nitrogens is 1. The van der Waals surface area contributed by atoms with Crippen LogP contribution in [0.4, 0.5) is 5.69 Å². The molecule has 1 saturated carbocycles. The molecule has 5 nitrogen and oxygen atoms in total. The third kappa shape index (κ3) is 2.57. The highest BCUT2D eigenvalue weighted by Gasteiger charge is 2.28. The standard InChI is InChI=1S/C10H12N2O3S/c1-15-10(13)9-6-7(4-5-11-9)12-16(14)8-2-3-8/h4-6,8H,2-3H2,1H3,(H,11,12). The van der Waals surface area contributed by atoms with Crippen LogP contribution in [-0.2, 0) is 15.7 Å². The molecule has 1 aliphatic rings. The van der Waals surface area contributed by atoms with Gasteiger partial charge >= 0.3 is 5.97 Å². The number of nitrogens with one attached hydrogen (secondary N) is 1. The molecule has 2 rings (SSSR count). The molecule has 1 atom stereocenters. The maximum atomic E-state index is 11.6. The van der Waals surface area contributed by atoms with Crippen molar-refractivity contribution in [1.82, 2.24) is 4.98 Å². The number of hydrogen-bond acceptors (Lipinski definition) is 4. The van der Waals surface area contributed by atoms with Gasteiger partial charge in [-0.3, -0.25) is 0 Å². The summed E-state index contributed by atoms with van der Waals surface area (Å²) in [6, 6.07) is 3.21. The van der Waals surface area contributed by atoms with Crippen molar-refractivity contribution in [2.75, 3.05) is 11.8 Å². The summed E-state index contributed by atoms with van der Waals surface area (Å²) < 4.78 is 19.0. The zero-order chi connectivity index (χ0) is 11.5. The van der Waals surface area contributed by atoms with Gasteiger partial charge in [-0.1, -0.05) is 0 Å². The predicted octanol–water partition coefficient (Wildman–Crippen LogP) is 1.11. The smallest absolute Gasteiger partial charge is 0.356 e. The van der Waals surface area contributed by atoms with E-state index in [2.05, 4.69) is 14.4 Å². The first-order chi connectivity index (χ1) is 7.70. The van der Waals surface area contributed by atoms with E-state index in [4.69, 9.17) is 0 Å². The Labute approximate surface area is 95.8 Å². The van der Waals surface area contributed by atoms with E-state index in [-0.39, 0.29) is 10.9 Å². The minimum absolute atomic E-state index is 0.209. The van der Waals surface area contributed by atoms with E-state index in [0.29, 0.717) is 5.69 Å². The summed E-state index contributed by atoms with van der Waals surface area (Å²) in [5.74, 6) is -0.499. The SMILES string of the molecule is COC(=O)c1cc(NS(=O)C2CC2)ccn1. The molecule has 16 heavy (non-hydrogen) atoms. The zero-order valence-electron chi connectivity index (χ0n) is 8.80. The molecule has 0 amide bonds. The lowest BCUT2D eigenvalue weighted by Crippen LogP contribution is -2.10. The lowest BCUT2D eigenvalue weighted by Gasteiger charge is -2.05. The average molecular weight is 240 g/mol. The summed E-state index contributed by atoms with van der Waals surface area (Å²) in [6.07, 6.45) is 3.47. The van der Waals surface area contributed by atoms with Gasteiger partial charge in [0.25, 0.3) is 0 Å². The van der Waals surface area contributed by atoms with Gasteiger partial charge in [0.05, 0.1) is 18.0 Å². The van der Waals surface area contributed by atoms with Gasteiger partial charge in [0, 0.05) is 6.20 Å². The van der Waals surface area contributed by atoms with Gasteiger partial charge in [-0.2, -0.15) is 0 Å². The van der Waals surface area contributed by atoms with E-state index in [9.17, 15) is 9.00 Å². The number of rotatable bonds is 4. The van der Waals surface area contributed by atoms with Crippen molar-refractivity contribution in [3.63, 3.8) is 0 Å². The van der Waals surface area contributed by atoms with Crippen molar-refractivity contribution in [2.45, 2.75) is 18.1 Å². The van der Waals surface area contributed by atoms with Crippen LogP contribution >= 0.6 is 0 Å². The normalized spacial score (nSPS) is 16.6. The predicted molar refractivity (Wildman–Crippen MR) is 60.4 cm³/mol. The molecule has 1 heterocycles. The molecule has 86 valence electrons. The molecule has 1 aromatic heterocycles. The molecule has 1 aliphatic carbocycles. The Morgan fingerprint density at radius 2 is 2.38 bits per heavy atom. The summed E-state index contributed by atoms with van der Waals surface area (Å²) in [7, 11) is 0.233. The molecule has 6 heteroatoms. The summed E-state index contributed by atoms with van der Waals surface area (Å²) >= 11 is 0. The number of esters is 1. The fraction of sp³-hybridized carbons (Fsp3) is 0.400. The fourth-order valence-electron chi connectivity index (χ4n) is 1.19. The monoisotopic (exact) mass is 240 g/mol. The number of carbonyl (C=O) groups is 1. The second-order valence-corrected chi connectivity index (χ2v) is 4.99. The van der Waals surface area contributed by atoms with Crippen LogP contribution < -0.4 is 4.72 Å². The summed E-state index contributed by atoms with van der Waals surface area (Å²) in [6.45, 7) is 0. The van der Waals surface area contributed by atoms with E-state index in [1.165, 1.54) is 19.4 Å². The zero-order valence-corrected chi connectivity index (χ0v) is 9.62. The van der Waals surface area contributed by atoms with Crippen LogP contribution in [0.1, 0.15) is 23.3 Å². The topological polar surface area (TPSA) is 68.3 Å². The number of carbonyl (C=O) groups excluding carboxylic acids is 1. The van der Waals surface area contributed by atoms with Crippen molar-refractivity contribution in [3.8, 4) is 0 Å². The van der Waals surface area contributed by atoms with Crippen LogP contribution in [0.2, 0.25) is 0 Å². The highest BCUT2D eigenvalue weighted by atomic mass is 32.2. The number of methoxy groups -OCH3 is 1. The van der Waals surface area contributed by atoms with Crippen molar-refractivity contribution >= 4 is 22.6 Å². The molecule has 0 aromatic carbocycles. The van der Waals surface area contributed by atoms with Crippen LogP contribution in [-0.4, -0.2) is 27.5 Å². The van der Waals surface area contributed by atoms with Gasteiger partial charge < -0.3 is 9.46 Å². The number of nitrogens with zero attached hydrogens (tertiary/aromatic N) is 1. The quantitative estimate of drug-likeness (QED) is 0.800. The Kier molecular flexibility index (Phi) is 3.19. The molecule has 0 aliphatic heterocycles. The van der Waals surface area contributed by atoms with Gasteiger partial charge in [0.2, 0.25) is 0 Å². The summed E-state index contributed by atoms with van der Waals surface area (Å²) in [5.41, 5.74) is 0.834. The third-order valence-corrected chi connectivity index (χ3v) is 3.71. The fourth-order valence-corrected chi connectivity index (χ4v) is 2.28. The van der Waals surface area contributed by atoms with Gasteiger partial charge in [-0.15, -0.1) is 0 Å². The largest absolute Gasteiger partial charge is 0.464 e. The Bertz CT molecular complexity index is 432. The van der Waals surface area contributed by atoms with Crippen LogP contribution in [0.5, 0.6) is 0 Å². The maximum absolute atomic E-state index is 11.6. The summed E-state index contributed by atoms with van der Waals surface area (Å²) in [4.78, 5) is 15.1. The molecule has 1 aromatic rings. The van der Waals surface area contributed by atoms with Crippen LogP contribution in [0, 0.1) is 0 Å². The molecular weight excluding hydrogens is 228 g/mol. The van der Waals surface area contributed by atoms with E-state index in [0.717, 1.165) is 12.8 Å². The third-order valence-electron chi connectivity index (χ3n) is 2.20. The number of anilines is 1. The van der Waals surface area contributed by atoms with Crippen molar-refractivity contribution < 1.29 is 13.7 Å². The minimum Gasteiger partial charge on any atom is -0.464 e. The van der Waals surface area contributed by atoms with Crippen molar-refractivity contribution in [1.29, 1.82) is 0 Å². The average Bonchev–Trinajstić information content (AvgIpc) is 3.12. The molecule has 1 unspecified atom stereocenters. The van der Waals surface area contributed by atoms with Gasteiger partial charge in [-0.25, -0.2) is 14.0 Å². The van der Waals surface area contributed by atoms with E-state index < -0.39 is 17.0 Å². The first-order valence-corrected chi connectivity index (χ1v) is 6.13. The number of pyridine rings is 1. The second kappa shape index (κ2) is 4.61. The minimum atomic E-state index is -1.06. The first-order valence-electron chi connectivity index (χ1n) is 4.92. The molecule has 0 radical (unpaired) electrons. The van der Waals surface area contributed by atoms with E-state index >= 15 is 0 Å². The summed E-state index contributed by atoms with van der Waals surface area (Å²) in [5, 5.41) is 0.245. The molecule has 1 N–H and O–H groups in total. The van der Waals surface area contributed by atoms with Crippen molar-refractivity contribution in [2.24, 2.45) is 0 Å². The highest BCUT2D eigenvalue weighted by molar-refractivity contribution is 7.87. The Hall–Kier alpha value is -1.43. The molecule has 0 spiro atoms. The molecular formula is C10H12N2O3S. The maximum Gasteiger partial charge on any atom is 0.356 e. The van der Waals surface area contributed by atoms with Gasteiger partial charge in [0.15, 0.2) is 0 Å². The van der Waals surface area contributed by atoms with Crippen LogP contribution in [0.15, 0.2) is 18.3 Å². The lowest BCUT2D eigenvalue weighted by molar-refractivity contribution is 0.0594. The van der Waals surface area contributed by atoms with Gasteiger partial charge in [-0.05, 0) is 25.0 Å². The van der Waals surface area contributed by atoms with Gasteiger partial charge in [0.1, 0.15) is 16.7 Å².